The Morgan fingerprint density at radius 3 is 2.60 bits per heavy atom. The van der Waals surface area contributed by atoms with Gasteiger partial charge in [-0.05, 0) is 17.0 Å². The van der Waals surface area contributed by atoms with E-state index in [1.807, 2.05) is 26.8 Å². The maximum atomic E-state index is 11.8. The number of carboxylic acid groups (broad SMARTS) is 1. The number of pyridine rings is 1. The third kappa shape index (κ3) is 5.69. The van der Waals surface area contributed by atoms with Crippen molar-refractivity contribution in [2.45, 2.75) is 39.8 Å². The van der Waals surface area contributed by atoms with E-state index >= 15 is 0 Å². The summed E-state index contributed by atoms with van der Waals surface area (Å²) in [5.41, 5.74) is 0.553. The van der Waals surface area contributed by atoms with Crippen molar-refractivity contribution in [1.29, 1.82) is 0 Å². The second-order valence-electron chi connectivity index (χ2n) is 5.70. The Bertz CT molecular complexity index is 454. The number of aliphatic carboxylic acids is 1. The molecular formula is C14H21N3O3. The van der Waals surface area contributed by atoms with Gasteiger partial charge in [0, 0.05) is 25.0 Å². The van der Waals surface area contributed by atoms with Gasteiger partial charge in [0.15, 0.2) is 0 Å². The summed E-state index contributed by atoms with van der Waals surface area (Å²) in [5.74, 6) is -0.933. The molecule has 0 radical (unpaired) electrons. The fraction of sp³-hybridized carbons (Fsp3) is 0.500. The molecule has 1 heterocycles. The van der Waals surface area contributed by atoms with Crippen LogP contribution in [0.5, 0.6) is 0 Å². The first-order chi connectivity index (χ1) is 9.29. The van der Waals surface area contributed by atoms with E-state index in [0.29, 0.717) is 6.54 Å². The minimum absolute atomic E-state index is 0.107. The molecular weight excluding hydrogens is 258 g/mol. The molecule has 0 spiro atoms. The SMILES string of the molecule is CC(C)(C)C(CC(=O)O)NC(=O)NCc1cccnc1. The first-order valence-corrected chi connectivity index (χ1v) is 6.44. The minimum atomic E-state index is -0.933. The summed E-state index contributed by atoms with van der Waals surface area (Å²) in [5, 5.41) is 14.3. The van der Waals surface area contributed by atoms with Gasteiger partial charge >= 0.3 is 12.0 Å². The van der Waals surface area contributed by atoms with E-state index in [1.165, 1.54) is 0 Å². The highest BCUT2D eigenvalue weighted by Gasteiger charge is 2.28. The van der Waals surface area contributed by atoms with Crippen molar-refractivity contribution < 1.29 is 14.7 Å². The summed E-state index contributed by atoms with van der Waals surface area (Å²) in [6.07, 6.45) is 3.22. The lowest BCUT2D eigenvalue weighted by atomic mass is 9.85. The molecule has 0 aromatic carbocycles. The van der Waals surface area contributed by atoms with Gasteiger partial charge in [-0.15, -0.1) is 0 Å². The minimum Gasteiger partial charge on any atom is -0.481 e. The predicted octanol–water partition coefficient (Wildman–Crippen LogP) is 1.77. The third-order valence-corrected chi connectivity index (χ3v) is 2.91. The molecule has 0 fully saturated rings. The number of carboxylic acids is 1. The molecule has 3 N–H and O–H groups in total. The molecule has 1 aromatic heterocycles. The van der Waals surface area contributed by atoms with E-state index in [2.05, 4.69) is 15.6 Å². The molecule has 0 aliphatic heterocycles. The maximum Gasteiger partial charge on any atom is 0.315 e. The highest BCUT2D eigenvalue weighted by molar-refractivity contribution is 5.75. The summed E-state index contributed by atoms with van der Waals surface area (Å²) in [7, 11) is 0. The molecule has 6 nitrogen and oxygen atoms in total. The summed E-state index contributed by atoms with van der Waals surface area (Å²) >= 11 is 0. The Labute approximate surface area is 118 Å². The number of carbonyl (C=O) groups is 2. The number of nitrogens with one attached hydrogen (secondary N) is 2. The zero-order valence-electron chi connectivity index (χ0n) is 12.0. The summed E-state index contributed by atoms with van der Waals surface area (Å²) in [4.78, 5) is 26.6. The number of nitrogens with zero attached hydrogens (tertiary/aromatic N) is 1. The number of rotatable bonds is 5. The van der Waals surface area contributed by atoms with Gasteiger partial charge in [0.25, 0.3) is 0 Å². The smallest absolute Gasteiger partial charge is 0.315 e. The molecule has 1 rings (SSSR count). The normalized spacial score (nSPS) is 12.6. The number of hydrogen-bond acceptors (Lipinski definition) is 3. The quantitative estimate of drug-likeness (QED) is 0.766. The molecule has 110 valence electrons. The average molecular weight is 279 g/mol. The molecule has 0 aliphatic carbocycles. The highest BCUT2D eigenvalue weighted by Crippen LogP contribution is 2.21. The standard InChI is InChI=1S/C14H21N3O3/c1-14(2,3)11(7-12(18)19)17-13(20)16-9-10-5-4-6-15-8-10/h4-6,8,11H,7,9H2,1-3H3,(H,18,19)(H2,16,17,20). The van der Waals surface area contributed by atoms with Crippen LogP contribution in [-0.2, 0) is 11.3 Å². The number of aromatic nitrogens is 1. The average Bonchev–Trinajstić information content (AvgIpc) is 2.35. The summed E-state index contributed by atoms with van der Waals surface area (Å²) in [6, 6.07) is 2.83. The van der Waals surface area contributed by atoms with Crippen molar-refractivity contribution in [2.75, 3.05) is 0 Å². The van der Waals surface area contributed by atoms with Crippen molar-refractivity contribution in [1.82, 2.24) is 15.6 Å². The van der Waals surface area contributed by atoms with Crippen LogP contribution in [0.1, 0.15) is 32.8 Å². The van der Waals surface area contributed by atoms with E-state index < -0.39 is 12.0 Å². The Morgan fingerprint density at radius 1 is 1.40 bits per heavy atom. The molecule has 0 aliphatic rings. The van der Waals surface area contributed by atoms with E-state index in [1.54, 1.807) is 18.5 Å². The molecule has 0 saturated heterocycles. The Morgan fingerprint density at radius 2 is 2.10 bits per heavy atom. The van der Waals surface area contributed by atoms with Gasteiger partial charge in [-0.3, -0.25) is 9.78 Å². The van der Waals surface area contributed by atoms with Crippen LogP contribution in [0.3, 0.4) is 0 Å². The van der Waals surface area contributed by atoms with E-state index in [0.717, 1.165) is 5.56 Å². The van der Waals surface area contributed by atoms with Crippen LogP contribution in [-0.4, -0.2) is 28.1 Å². The van der Waals surface area contributed by atoms with E-state index in [4.69, 9.17) is 5.11 Å². The van der Waals surface area contributed by atoms with Crippen LogP contribution < -0.4 is 10.6 Å². The lowest BCUT2D eigenvalue weighted by molar-refractivity contribution is -0.138. The van der Waals surface area contributed by atoms with Gasteiger partial charge in [-0.25, -0.2) is 4.79 Å². The monoisotopic (exact) mass is 279 g/mol. The van der Waals surface area contributed by atoms with Crippen molar-refractivity contribution in [2.24, 2.45) is 5.41 Å². The Balaban J connectivity index is 2.52. The molecule has 2 amide bonds. The van der Waals surface area contributed by atoms with Crippen LogP contribution in [0, 0.1) is 5.41 Å². The molecule has 1 unspecified atom stereocenters. The summed E-state index contributed by atoms with van der Waals surface area (Å²) < 4.78 is 0. The zero-order valence-corrected chi connectivity index (χ0v) is 12.0. The Hall–Kier alpha value is -2.11. The number of urea groups is 1. The van der Waals surface area contributed by atoms with E-state index in [9.17, 15) is 9.59 Å². The van der Waals surface area contributed by atoms with Gasteiger partial charge in [0.1, 0.15) is 0 Å². The third-order valence-electron chi connectivity index (χ3n) is 2.91. The van der Waals surface area contributed by atoms with Crippen LogP contribution in [0.4, 0.5) is 4.79 Å². The predicted molar refractivity (Wildman–Crippen MR) is 75.1 cm³/mol. The fourth-order valence-corrected chi connectivity index (χ4v) is 1.64. The topological polar surface area (TPSA) is 91.3 Å². The van der Waals surface area contributed by atoms with Gasteiger partial charge in [-0.1, -0.05) is 26.8 Å². The van der Waals surface area contributed by atoms with Crippen molar-refractivity contribution in [3.05, 3.63) is 30.1 Å². The Kier molecular flexibility index (Phi) is 5.49. The molecule has 1 atom stereocenters. The lowest BCUT2D eigenvalue weighted by Gasteiger charge is -2.30. The van der Waals surface area contributed by atoms with Gasteiger partial charge < -0.3 is 15.7 Å². The summed E-state index contributed by atoms with van der Waals surface area (Å²) in [6.45, 7) is 6.02. The van der Waals surface area contributed by atoms with Crippen LogP contribution >= 0.6 is 0 Å². The van der Waals surface area contributed by atoms with Crippen molar-refractivity contribution >= 4 is 12.0 Å². The van der Waals surface area contributed by atoms with Gasteiger partial charge in [-0.2, -0.15) is 0 Å². The van der Waals surface area contributed by atoms with E-state index in [-0.39, 0.29) is 17.9 Å². The molecule has 0 bridgehead atoms. The van der Waals surface area contributed by atoms with Crippen molar-refractivity contribution in [3.8, 4) is 0 Å². The van der Waals surface area contributed by atoms with Gasteiger partial charge in [0.2, 0.25) is 0 Å². The van der Waals surface area contributed by atoms with Crippen LogP contribution in [0.15, 0.2) is 24.5 Å². The van der Waals surface area contributed by atoms with Crippen LogP contribution in [0.25, 0.3) is 0 Å². The first kappa shape index (κ1) is 15.9. The molecule has 20 heavy (non-hydrogen) atoms. The molecule has 1 aromatic rings. The number of hydrogen-bond donors (Lipinski definition) is 3. The molecule has 6 heteroatoms. The second kappa shape index (κ2) is 6.88. The second-order valence-corrected chi connectivity index (χ2v) is 5.70. The number of carbonyl (C=O) groups excluding carboxylic acids is 1. The molecule has 0 saturated carbocycles. The lowest BCUT2D eigenvalue weighted by Crippen LogP contribution is -2.48. The number of amides is 2. The first-order valence-electron chi connectivity index (χ1n) is 6.44. The van der Waals surface area contributed by atoms with Gasteiger partial charge in [0.05, 0.1) is 6.42 Å². The largest absolute Gasteiger partial charge is 0.481 e. The van der Waals surface area contributed by atoms with Crippen molar-refractivity contribution in [3.63, 3.8) is 0 Å². The van der Waals surface area contributed by atoms with Crippen LogP contribution in [0.2, 0.25) is 0 Å². The zero-order chi connectivity index (χ0) is 15.2. The fourth-order valence-electron chi connectivity index (χ4n) is 1.64. The highest BCUT2D eigenvalue weighted by atomic mass is 16.4. The maximum absolute atomic E-state index is 11.8.